The third-order valence-corrected chi connectivity index (χ3v) is 4.20. The van der Waals surface area contributed by atoms with Gasteiger partial charge in [0.05, 0.1) is 0 Å². The molecule has 0 aromatic carbocycles. The van der Waals surface area contributed by atoms with Gasteiger partial charge in [-0.2, -0.15) is 0 Å². The summed E-state index contributed by atoms with van der Waals surface area (Å²) >= 11 is 0. The maximum Gasteiger partial charge on any atom is 0.0229 e. The Morgan fingerprint density at radius 1 is 1.06 bits per heavy atom. The second-order valence-electron chi connectivity index (χ2n) is 8.01. The Hall–Kier alpha value is -0.0800. The van der Waals surface area contributed by atoms with Gasteiger partial charge in [0, 0.05) is 18.1 Å². The highest BCUT2D eigenvalue weighted by Crippen LogP contribution is 2.32. The van der Waals surface area contributed by atoms with E-state index in [1.54, 1.807) is 0 Å². The van der Waals surface area contributed by atoms with Gasteiger partial charge in [0.25, 0.3) is 0 Å². The number of piperidine rings is 3. The molecular weight excluding hydrogens is 208 g/mol. The topological polar surface area (TPSA) is 15.3 Å². The lowest BCUT2D eigenvalue weighted by Gasteiger charge is -2.48. The zero-order valence-corrected chi connectivity index (χ0v) is 12.3. The molecule has 0 amide bonds. The van der Waals surface area contributed by atoms with E-state index >= 15 is 0 Å². The van der Waals surface area contributed by atoms with Crippen LogP contribution in [0.3, 0.4) is 0 Å². The van der Waals surface area contributed by atoms with Crippen molar-refractivity contribution in [2.45, 2.75) is 65.5 Å². The van der Waals surface area contributed by atoms with E-state index in [0.29, 0.717) is 5.41 Å². The van der Waals surface area contributed by atoms with E-state index in [1.807, 2.05) is 0 Å². The van der Waals surface area contributed by atoms with Gasteiger partial charge in [-0.3, -0.25) is 0 Å². The molecule has 1 atom stereocenters. The number of nitrogens with zero attached hydrogens (tertiary/aromatic N) is 1. The van der Waals surface area contributed by atoms with Crippen LogP contribution in [0, 0.1) is 11.3 Å². The van der Waals surface area contributed by atoms with E-state index in [4.69, 9.17) is 0 Å². The molecule has 17 heavy (non-hydrogen) atoms. The Kier molecular flexibility index (Phi) is 3.57. The van der Waals surface area contributed by atoms with Gasteiger partial charge >= 0.3 is 0 Å². The summed E-state index contributed by atoms with van der Waals surface area (Å²) in [4.78, 5) is 2.63. The van der Waals surface area contributed by atoms with Crippen molar-refractivity contribution in [1.29, 1.82) is 0 Å². The van der Waals surface area contributed by atoms with Gasteiger partial charge in [0.1, 0.15) is 0 Å². The van der Waals surface area contributed by atoms with Crippen molar-refractivity contribution < 1.29 is 0 Å². The molecule has 100 valence electrons. The Morgan fingerprint density at radius 2 is 1.65 bits per heavy atom. The van der Waals surface area contributed by atoms with Gasteiger partial charge in [0.2, 0.25) is 0 Å². The van der Waals surface area contributed by atoms with Crippen LogP contribution in [-0.4, -0.2) is 36.1 Å². The highest BCUT2D eigenvalue weighted by atomic mass is 15.2. The Bertz CT molecular complexity index is 257. The molecule has 0 radical (unpaired) electrons. The molecule has 2 heteroatoms. The molecule has 0 spiro atoms. The van der Waals surface area contributed by atoms with Crippen LogP contribution in [-0.2, 0) is 0 Å². The lowest BCUT2D eigenvalue weighted by molar-refractivity contribution is 0.0528. The summed E-state index contributed by atoms with van der Waals surface area (Å²) < 4.78 is 0. The first kappa shape index (κ1) is 13.4. The predicted molar refractivity (Wildman–Crippen MR) is 74.2 cm³/mol. The van der Waals surface area contributed by atoms with Gasteiger partial charge in [0.15, 0.2) is 0 Å². The summed E-state index contributed by atoms with van der Waals surface area (Å²) in [5.74, 6) is 0.930. The smallest absolute Gasteiger partial charge is 0.0229 e. The molecule has 0 aromatic rings. The molecule has 2 nitrogen and oxygen atoms in total. The largest absolute Gasteiger partial charge is 0.307 e. The molecular formula is C15H30N2. The van der Waals surface area contributed by atoms with Crippen molar-refractivity contribution >= 4 is 0 Å². The van der Waals surface area contributed by atoms with Gasteiger partial charge in [-0.25, -0.2) is 0 Å². The van der Waals surface area contributed by atoms with E-state index in [1.165, 1.54) is 38.9 Å². The molecule has 0 saturated carbocycles. The highest BCUT2D eigenvalue weighted by molar-refractivity contribution is 4.95. The first-order valence-corrected chi connectivity index (χ1v) is 7.25. The van der Waals surface area contributed by atoms with Crippen molar-refractivity contribution in [3.63, 3.8) is 0 Å². The lowest BCUT2D eigenvalue weighted by Crippen LogP contribution is -2.60. The molecule has 3 aliphatic heterocycles. The fourth-order valence-electron chi connectivity index (χ4n) is 4.01. The lowest BCUT2D eigenvalue weighted by atomic mass is 9.78. The Morgan fingerprint density at radius 3 is 2.06 bits per heavy atom. The first-order valence-electron chi connectivity index (χ1n) is 7.25. The summed E-state index contributed by atoms with van der Waals surface area (Å²) in [6.45, 7) is 15.7. The SMILES string of the molecule is CC(C)(C)CC(C)(C)NC1CN2CCC1CC2. The molecule has 3 rings (SSSR count). The van der Waals surface area contributed by atoms with Crippen molar-refractivity contribution in [2.75, 3.05) is 19.6 Å². The third-order valence-electron chi connectivity index (χ3n) is 4.20. The summed E-state index contributed by atoms with van der Waals surface area (Å²) in [7, 11) is 0. The van der Waals surface area contributed by atoms with Crippen LogP contribution >= 0.6 is 0 Å². The monoisotopic (exact) mass is 238 g/mol. The third kappa shape index (κ3) is 3.69. The maximum absolute atomic E-state index is 3.94. The van der Waals surface area contributed by atoms with E-state index < -0.39 is 0 Å². The van der Waals surface area contributed by atoms with Crippen LogP contribution in [0.15, 0.2) is 0 Å². The van der Waals surface area contributed by atoms with E-state index in [9.17, 15) is 0 Å². The van der Waals surface area contributed by atoms with Gasteiger partial charge in [-0.15, -0.1) is 0 Å². The second kappa shape index (κ2) is 4.55. The van der Waals surface area contributed by atoms with Crippen molar-refractivity contribution in [3.05, 3.63) is 0 Å². The van der Waals surface area contributed by atoms with Gasteiger partial charge < -0.3 is 10.2 Å². The summed E-state index contributed by atoms with van der Waals surface area (Å²) in [6.07, 6.45) is 4.05. The fourth-order valence-corrected chi connectivity index (χ4v) is 4.01. The van der Waals surface area contributed by atoms with Crippen molar-refractivity contribution in [2.24, 2.45) is 11.3 Å². The molecule has 3 aliphatic rings. The van der Waals surface area contributed by atoms with Crippen LogP contribution in [0.1, 0.15) is 53.9 Å². The molecule has 3 saturated heterocycles. The van der Waals surface area contributed by atoms with Crippen LogP contribution in [0.2, 0.25) is 0 Å². The van der Waals surface area contributed by atoms with Gasteiger partial charge in [-0.05, 0) is 57.5 Å². The zero-order valence-electron chi connectivity index (χ0n) is 12.3. The molecule has 2 bridgehead atoms. The minimum atomic E-state index is 0.265. The number of rotatable bonds is 3. The van der Waals surface area contributed by atoms with Crippen LogP contribution in [0.5, 0.6) is 0 Å². The standard InChI is InChI=1S/C15H30N2/c1-14(2,3)11-15(4,5)16-13-10-17-8-6-12(13)7-9-17/h12-13,16H,6-11H2,1-5H3. The highest BCUT2D eigenvalue weighted by Gasteiger charge is 2.37. The average Bonchev–Trinajstić information content (AvgIpc) is 2.14. The van der Waals surface area contributed by atoms with E-state index in [0.717, 1.165) is 12.0 Å². The quantitative estimate of drug-likeness (QED) is 0.813. The average molecular weight is 238 g/mol. The summed E-state index contributed by atoms with van der Waals surface area (Å²) in [5, 5.41) is 3.94. The fraction of sp³-hybridized carbons (Fsp3) is 1.00. The first-order chi connectivity index (χ1) is 7.75. The van der Waals surface area contributed by atoms with Crippen molar-refractivity contribution in [1.82, 2.24) is 10.2 Å². The molecule has 0 aromatic heterocycles. The molecule has 3 fully saturated rings. The second-order valence-corrected chi connectivity index (χ2v) is 8.01. The summed E-state index contributed by atoms with van der Waals surface area (Å²) in [6, 6.07) is 0.731. The summed E-state index contributed by atoms with van der Waals surface area (Å²) in [5.41, 5.74) is 0.673. The predicted octanol–water partition coefficient (Wildman–Crippen LogP) is 2.89. The van der Waals surface area contributed by atoms with Gasteiger partial charge in [-0.1, -0.05) is 20.8 Å². The molecule has 3 heterocycles. The number of fused-ring (bicyclic) bond motifs is 3. The molecule has 0 aliphatic carbocycles. The minimum absolute atomic E-state index is 0.265. The minimum Gasteiger partial charge on any atom is -0.307 e. The van der Waals surface area contributed by atoms with Crippen LogP contribution in [0.25, 0.3) is 0 Å². The van der Waals surface area contributed by atoms with E-state index in [2.05, 4.69) is 44.8 Å². The van der Waals surface area contributed by atoms with Crippen molar-refractivity contribution in [3.8, 4) is 0 Å². The zero-order chi connectivity index (χ0) is 12.7. The van der Waals surface area contributed by atoms with E-state index in [-0.39, 0.29) is 5.54 Å². The molecule has 1 unspecified atom stereocenters. The Balaban J connectivity index is 1.91. The Labute approximate surface area is 107 Å². The normalized spacial score (nSPS) is 34.1. The van der Waals surface area contributed by atoms with Crippen LogP contribution < -0.4 is 5.32 Å². The molecule has 1 N–H and O–H groups in total. The number of nitrogens with one attached hydrogen (secondary N) is 1. The number of hydrogen-bond donors (Lipinski definition) is 1. The number of hydrogen-bond acceptors (Lipinski definition) is 2. The maximum atomic E-state index is 3.94. The van der Waals surface area contributed by atoms with Crippen LogP contribution in [0.4, 0.5) is 0 Å².